The smallest absolute Gasteiger partial charge is 0.269 e. The quantitative estimate of drug-likeness (QED) is 0.361. The van der Waals surface area contributed by atoms with Crippen molar-refractivity contribution in [3.63, 3.8) is 0 Å². The lowest BCUT2D eigenvalue weighted by molar-refractivity contribution is -0.384. The average Bonchev–Trinajstić information content (AvgIpc) is 2.71. The summed E-state index contributed by atoms with van der Waals surface area (Å²) in [6.07, 6.45) is 0. The fraction of sp³-hybridized carbons (Fsp3) is 0.412. The van der Waals surface area contributed by atoms with Crippen LogP contribution in [-0.4, -0.2) is 62.7 Å². The predicted molar refractivity (Wildman–Crippen MR) is 107 cm³/mol. The standard InChI is InChI=1S/C17H22N6O5S/c1-13-12-16(22-8-10-28-11-9-22)21-17(20-13)18-6-7-19-29(26,27)15-4-2-14(3-5-15)23(24)25/h2-5,12,19H,6-11H2,1H3,(H,18,20,21). The molecule has 1 aliphatic rings. The zero-order valence-electron chi connectivity index (χ0n) is 15.9. The first-order valence-electron chi connectivity index (χ1n) is 9.01. The van der Waals surface area contributed by atoms with E-state index in [-0.39, 0.29) is 23.7 Å². The number of nitro groups is 1. The van der Waals surface area contributed by atoms with Crippen LogP contribution in [0.25, 0.3) is 0 Å². The van der Waals surface area contributed by atoms with E-state index in [4.69, 9.17) is 4.74 Å². The van der Waals surface area contributed by atoms with Gasteiger partial charge in [0.05, 0.1) is 23.0 Å². The third-order valence-electron chi connectivity index (χ3n) is 4.23. The number of aryl methyl sites for hydroxylation is 1. The maximum Gasteiger partial charge on any atom is 0.269 e. The van der Waals surface area contributed by atoms with Crippen molar-refractivity contribution in [2.45, 2.75) is 11.8 Å². The van der Waals surface area contributed by atoms with E-state index in [2.05, 4.69) is 24.9 Å². The Bertz CT molecular complexity index is 961. The Labute approximate surface area is 168 Å². The van der Waals surface area contributed by atoms with E-state index in [0.717, 1.165) is 36.7 Å². The Balaban J connectivity index is 1.55. The topological polar surface area (TPSA) is 140 Å². The number of nitro benzene ring substituents is 1. The molecule has 1 aliphatic heterocycles. The molecule has 11 nitrogen and oxygen atoms in total. The lowest BCUT2D eigenvalue weighted by atomic mass is 10.3. The zero-order chi connectivity index (χ0) is 20.9. The molecule has 156 valence electrons. The van der Waals surface area contributed by atoms with Crippen molar-refractivity contribution >= 4 is 27.5 Å². The van der Waals surface area contributed by atoms with Gasteiger partial charge in [0.2, 0.25) is 16.0 Å². The predicted octanol–water partition coefficient (Wildman–Crippen LogP) is 0.920. The molecule has 12 heteroatoms. The van der Waals surface area contributed by atoms with E-state index in [9.17, 15) is 18.5 Å². The molecule has 1 aromatic carbocycles. The Hall–Kier alpha value is -2.83. The molecule has 0 spiro atoms. The summed E-state index contributed by atoms with van der Waals surface area (Å²) in [6.45, 7) is 5.05. The van der Waals surface area contributed by atoms with Crippen molar-refractivity contribution in [3.05, 3.63) is 46.1 Å². The van der Waals surface area contributed by atoms with Gasteiger partial charge in [0.25, 0.3) is 5.69 Å². The number of rotatable bonds is 8. The molecule has 0 radical (unpaired) electrons. The minimum Gasteiger partial charge on any atom is -0.378 e. The highest BCUT2D eigenvalue weighted by molar-refractivity contribution is 7.89. The van der Waals surface area contributed by atoms with E-state index >= 15 is 0 Å². The van der Waals surface area contributed by atoms with Crippen LogP contribution in [0.2, 0.25) is 0 Å². The van der Waals surface area contributed by atoms with Crippen LogP contribution in [0.15, 0.2) is 35.2 Å². The number of nitrogens with zero attached hydrogens (tertiary/aromatic N) is 4. The van der Waals surface area contributed by atoms with Gasteiger partial charge in [-0.05, 0) is 19.1 Å². The molecule has 29 heavy (non-hydrogen) atoms. The van der Waals surface area contributed by atoms with Crippen LogP contribution < -0.4 is 14.9 Å². The minimum absolute atomic E-state index is 0.0375. The number of benzene rings is 1. The summed E-state index contributed by atoms with van der Waals surface area (Å²) < 4.78 is 32.4. The molecule has 0 aliphatic carbocycles. The SMILES string of the molecule is Cc1cc(N2CCOCC2)nc(NCCNS(=O)(=O)c2ccc([N+](=O)[O-])cc2)n1. The molecule has 0 amide bonds. The maximum atomic E-state index is 12.3. The first kappa shape index (κ1) is 20.9. The summed E-state index contributed by atoms with van der Waals surface area (Å²) in [6, 6.07) is 6.60. The number of aromatic nitrogens is 2. The largest absolute Gasteiger partial charge is 0.378 e. The van der Waals surface area contributed by atoms with Gasteiger partial charge in [-0.2, -0.15) is 4.98 Å². The maximum absolute atomic E-state index is 12.3. The van der Waals surface area contributed by atoms with E-state index in [1.807, 2.05) is 13.0 Å². The van der Waals surface area contributed by atoms with Crippen molar-refractivity contribution in [2.75, 3.05) is 49.6 Å². The van der Waals surface area contributed by atoms with Gasteiger partial charge < -0.3 is 15.0 Å². The Morgan fingerprint density at radius 3 is 2.52 bits per heavy atom. The van der Waals surface area contributed by atoms with E-state index < -0.39 is 14.9 Å². The number of sulfonamides is 1. The molecule has 0 unspecified atom stereocenters. The second kappa shape index (κ2) is 9.11. The van der Waals surface area contributed by atoms with Gasteiger partial charge in [-0.1, -0.05) is 0 Å². The summed E-state index contributed by atoms with van der Waals surface area (Å²) in [5.74, 6) is 1.22. The van der Waals surface area contributed by atoms with Crippen molar-refractivity contribution in [1.82, 2.24) is 14.7 Å². The fourth-order valence-corrected chi connectivity index (χ4v) is 3.81. The lowest BCUT2D eigenvalue weighted by Crippen LogP contribution is -2.37. The third kappa shape index (κ3) is 5.59. The molecule has 2 aromatic rings. The lowest BCUT2D eigenvalue weighted by Gasteiger charge is -2.28. The highest BCUT2D eigenvalue weighted by Gasteiger charge is 2.16. The van der Waals surface area contributed by atoms with Gasteiger partial charge in [-0.25, -0.2) is 18.1 Å². The minimum atomic E-state index is -3.77. The third-order valence-corrected chi connectivity index (χ3v) is 5.71. The monoisotopic (exact) mass is 422 g/mol. The normalized spacial score (nSPS) is 14.6. The molecule has 1 aromatic heterocycles. The highest BCUT2D eigenvalue weighted by Crippen LogP contribution is 2.17. The van der Waals surface area contributed by atoms with Gasteiger partial charge in [0, 0.05) is 50.1 Å². The second-order valence-electron chi connectivity index (χ2n) is 6.37. The summed E-state index contributed by atoms with van der Waals surface area (Å²) in [5, 5.41) is 13.7. The number of non-ortho nitro benzene ring substituents is 1. The van der Waals surface area contributed by atoms with E-state index in [1.165, 1.54) is 12.1 Å². The number of anilines is 2. The summed E-state index contributed by atoms with van der Waals surface area (Å²) in [4.78, 5) is 21.0. The van der Waals surface area contributed by atoms with Gasteiger partial charge in [-0.3, -0.25) is 10.1 Å². The summed E-state index contributed by atoms with van der Waals surface area (Å²) >= 11 is 0. The highest BCUT2D eigenvalue weighted by atomic mass is 32.2. The fourth-order valence-electron chi connectivity index (χ4n) is 2.78. The number of morpholine rings is 1. The van der Waals surface area contributed by atoms with Gasteiger partial charge >= 0.3 is 0 Å². The van der Waals surface area contributed by atoms with E-state index in [0.29, 0.717) is 19.2 Å². The number of hydrogen-bond donors (Lipinski definition) is 2. The second-order valence-corrected chi connectivity index (χ2v) is 8.13. The molecule has 2 heterocycles. The van der Waals surface area contributed by atoms with Crippen LogP contribution in [0.4, 0.5) is 17.5 Å². The van der Waals surface area contributed by atoms with Gasteiger partial charge in [0.15, 0.2) is 0 Å². The van der Waals surface area contributed by atoms with Crippen molar-refractivity contribution in [1.29, 1.82) is 0 Å². The Morgan fingerprint density at radius 2 is 1.86 bits per heavy atom. The van der Waals surface area contributed by atoms with Crippen LogP contribution in [0.5, 0.6) is 0 Å². The van der Waals surface area contributed by atoms with Crippen LogP contribution in [0.3, 0.4) is 0 Å². The van der Waals surface area contributed by atoms with Gasteiger partial charge in [0.1, 0.15) is 5.82 Å². The summed E-state index contributed by atoms with van der Waals surface area (Å²) in [7, 11) is -3.77. The van der Waals surface area contributed by atoms with Gasteiger partial charge in [-0.15, -0.1) is 0 Å². The van der Waals surface area contributed by atoms with Crippen LogP contribution in [0.1, 0.15) is 5.69 Å². The van der Waals surface area contributed by atoms with E-state index in [1.54, 1.807) is 0 Å². The molecule has 0 atom stereocenters. The van der Waals surface area contributed by atoms with Crippen molar-refractivity contribution < 1.29 is 18.1 Å². The first-order chi connectivity index (χ1) is 13.8. The molecule has 0 bridgehead atoms. The summed E-state index contributed by atoms with van der Waals surface area (Å²) in [5.41, 5.74) is 0.633. The Morgan fingerprint density at radius 1 is 1.17 bits per heavy atom. The molecule has 0 saturated carbocycles. The van der Waals surface area contributed by atoms with Crippen molar-refractivity contribution in [2.24, 2.45) is 0 Å². The number of nitrogens with one attached hydrogen (secondary N) is 2. The Kier molecular flexibility index (Phi) is 6.56. The van der Waals surface area contributed by atoms with Crippen LogP contribution in [0, 0.1) is 17.0 Å². The number of ether oxygens (including phenoxy) is 1. The molecule has 2 N–H and O–H groups in total. The molecular weight excluding hydrogens is 400 g/mol. The average molecular weight is 422 g/mol. The molecule has 1 fully saturated rings. The zero-order valence-corrected chi connectivity index (χ0v) is 16.7. The first-order valence-corrected chi connectivity index (χ1v) is 10.5. The van der Waals surface area contributed by atoms with Crippen LogP contribution in [-0.2, 0) is 14.8 Å². The molecule has 1 saturated heterocycles. The molecular formula is C17H22N6O5S. The molecule has 3 rings (SSSR count). The van der Waals surface area contributed by atoms with Crippen LogP contribution >= 0.6 is 0 Å². The number of hydrogen-bond acceptors (Lipinski definition) is 9. The van der Waals surface area contributed by atoms with Crippen molar-refractivity contribution in [3.8, 4) is 0 Å².